The topological polar surface area (TPSA) is 20.2 Å². The van der Waals surface area contributed by atoms with Gasteiger partial charge < -0.3 is 5.11 Å². The number of hydrogen-bond donors (Lipinski definition) is 1. The highest BCUT2D eigenvalue weighted by molar-refractivity contribution is 4.85. The highest BCUT2D eigenvalue weighted by atomic mass is 16.3. The van der Waals surface area contributed by atoms with Crippen molar-refractivity contribution in [2.45, 2.75) is 96.5 Å². The van der Waals surface area contributed by atoms with E-state index in [-0.39, 0.29) is 6.10 Å². The molecule has 1 N–H and O–H groups in total. The van der Waals surface area contributed by atoms with Gasteiger partial charge in [-0.15, -0.1) is 0 Å². The molecule has 3 saturated carbocycles. The zero-order valence-corrected chi connectivity index (χ0v) is 14.1. The van der Waals surface area contributed by atoms with Crippen LogP contribution in [0.15, 0.2) is 0 Å². The molecule has 3 fully saturated rings. The normalized spacial score (nSPS) is 45.4. The van der Waals surface area contributed by atoms with E-state index in [2.05, 4.69) is 6.92 Å². The molecular weight excluding hydrogens is 256 g/mol. The van der Waals surface area contributed by atoms with Gasteiger partial charge in [0.25, 0.3) is 0 Å². The maximum atomic E-state index is 9.91. The summed E-state index contributed by atoms with van der Waals surface area (Å²) in [6, 6.07) is 0. The van der Waals surface area contributed by atoms with E-state index in [4.69, 9.17) is 0 Å². The van der Waals surface area contributed by atoms with Crippen LogP contribution in [0.2, 0.25) is 0 Å². The van der Waals surface area contributed by atoms with E-state index in [1.807, 2.05) is 0 Å². The Hall–Kier alpha value is -0.0400. The largest absolute Gasteiger partial charge is 0.393 e. The Morgan fingerprint density at radius 1 is 0.667 bits per heavy atom. The van der Waals surface area contributed by atoms with Crippen LogP contribution < -0.4 is 0 Å². The molecule has 0 aromatic carbocycles. The maximum Gasteiger partial charge on any atom is 0.0543 e. The van der Waals surface area contributed by atoms with Crippen LogP contribution in [0.1, 0.15) is 90.4 Å². The summed E-state index contributed by atoms with van der Waals surface area (Å²) >= 11 is 0. The molecule has 3 rings (SSSR count). The molecular formula is C20H36O. The molecule has 21 heavy (non-hydrogen) atoms. The monoisotopic (exact) mass is 292 g/mol. The zero-order chi connectivity index (χ0) is 14.7. The fraction of sp³-hybridized carbons (Fsp3) is 1.00. The fourth-order valence-electron chi connectivity index (χ4n) is 5.78. The highest BCUT2D eigenvalue weighted by Crippen LogP contribution is 2.45. The molecule has 0 saturated heterocycles. The lowest BCUT2D eigenvalue weighted by atomic mass is 9.65. The van der Waals surface area contributed by atoms with Crippen LogP contribution in [-0.4, -0.2) is 11.2 Å². The van der Waals surface area contributed by atoms with Gasteiger partial charge in [-0.2, -0.15) is 0 Å². The van der Waals surface area contributed by atoms with Crippen molar-refractivity contribution in [2.24, 2.45) is 29.6 Å². The Labute approximate surface area is 131 Å². The van der Waals surface area contributed by atoms with E-state index >= 15 is 0 Å². The minimum atomic E-state index is 0.0193. The molecule has 0 spiro atoms. The van der Waals surface area contributed by atoms with Gasteiger partial charge in [-0.1, -0.05) is 32.6 Å². The Morgan fingerprint density at radius 3 is 1.71 bits per heavy atom. The van der Waals surface area contributed by atoms with Crippen molar-refractivity contribution in [3.63, 3.8) is 0 Å². The Kier molecular flexibility index (Phi) is 5.65. The van der Waals surface area contributed by atoms with Gasteiger partial charge in [0.2, 0.25) is 0 Å². The molecule has 0 amide bonds. The molecule has 3 aliphatic rings. The van der Waals surface area contributed by atoms with Crippen LogP contribution in [-0.2, 0) is 0 Å². The first-order valence-electron chi connectivity index (χ1n) is 9.94. The third-order valence-corrected chi connectivity index (χ3v) is 7.31. The summed E-state index contributed by atoms with van der Waals surface area (Å²) in [7, 11) is 0. The second-order valence-electron chi connectivity index (χ2n) is 8.44. The van der Waals surface area contributed by atoms with E-state index < -0.39 is 0 Å². The molecule has 2 atom stereocenters. The smallest absolute Gasteiger partial charge is 0.0543 e. The van der Waals surface area contributed by atoms with Crippen molar-refractivity contribution in [3.8, 4) is 0 Å². The first-order valence-corrected chi connectivity index (χ1v) is 9.94. The van der Waals surface area contributed by atoms with Crippen molar-refractivity contribution < 1.29 is 5.11 Å². The van der Waals surface area contributed by atoms with E-state index in [0.29, 0.717) is 0 Å². The minimum Gasteiger partial charge on any atom is -0.393 e. The third-order valence-electron chi connectivity index (χ3n) is 7.31. The van der Waals surface area contributed by atoms with Crippen molar-refractivity contribution in [3.05, 3.63) is 0 Å². The average Bonchev–Trinajstić information content (AvgIpc) is 2.55. The number of rotatable bonds is 3. The second-order valence-corrected chi connectivity index (χ2v) is 8.44. The molecule has 1 nitrogen and oxygen atoms in total. The van der Waals surface area contributed by atoms with Crippen LogP contribution in [0.4, 0.5) is 0 Å². The standard InChI is InChI=1S/C20H36O/c1-2-15-6-8-16(9-7-15)17-10-12-18(13-11-17)19-4-3-5-20(21)14-19/h15-21H,2-14H2,1H3/t15?,16?,17?,18?,19-,20+/m0/s1. The van der Waals surface area contributed by atoms with Gasteiger partial charge in [-0.05, 0) is 87.4 Å². The molecule has 0 aliphatic heterocycles. The van der Waals surface area contributed by atoms with Gasteiger partial charge in [-0.25, -0.2) is 0 Å². The fourth-order valence-corrected chi connectivity index (χ4v) is 5.78. The SMILES string of the molecule is CCC1CCC(C2CCC([C@H]3CCC[C@@H](O)C3)CC2)CC1. The van der Waals surface area contributed by atoms with E-state index in [9.17, 15) is 5.11 Å². The molecule has 0 bridgehead atoms. The molecule has 3 aliphatic carbocycles. The molecule has 0 heterocycles. The van der Waals surface area contributed by atoms with E-state index in [1.165, 1.54) is 70.6 Å². The summed E-state index contributed by atoms with van der Waals surface area (Å²) in [6.45, 7) is 2.37. The Balaban J connectivity index is 1.43. The first kappa shape index (κ1) is 15.8. The summed E-state index contributed by atoms with van der Waals surface area (Å²) < 4.78 is 0. The summed E-state index contributed by atoms with van der Waals surface area (Å²) in [5.41, 5.74) is 0. The molecule has 1 heteroatoms. The molecule has 122 valence electrons. The first-order chi connectivity index (χ1) is 10.3. The lowest BCUT2D eigenvalue weighted by molar-refractivity contribution is 0.0555. The lowest BCUT2D eigenvalue weighted by Gasteiger charge is -2.41. The third kappa shape index (κ3) is 4.03. The van der Waals surface area contributed by atoms with Crippen LogP contribution >= 0.6 is 0 Å². The minimum absolute atomic E-state index is 0.0193. The van der Waals surface area contributed by atoms with Crippen molar-refractivity contribution in [1.82, 2.24) is 0 Å². The van der Waals surface area contributed by atoms with Crippen molar-refractivity contribution in [2.75, 3.05) is 0 Å². The quantitative estimate of drug-likeness (QED) is 0.722. The second kappa shape index (κ2) is 7.49. The molecule has 0 unspecified atom stereocenters. The average molecular weight is 293 g/mol. The van der Waals surface area contributed by atoms with Crippen LogP contribution in [0.5, 0.6) is 0 Å². The highest BCUT2D eigenvalue weighted by Gasteiger charge is 2.34. The van der Waals surface area contributed by atoms with Crippen molar-refractivity contribution >= 4 is 0 Å². The number of hydrogen-bond acceptors (Lipinski definition) is 1. The molecule has 0 aromatic heterocycles. The predicted octanol–water partition coefficient (Wildman–Crippen LogP) is 5.56. The van der Waals surface area contributed by atoms with E-state index in [0.717, 1.165) is 42.4 Å². The number of aliphatic hydroxyl groups is 1. The molecule has 0 aromatic rings. The van der Waals surface area contributed by atoms with Crippen LogP contribution in [0.25, 0.3) is 0 Å². The Bertz CT molecular complexity index is 297. The van der Waals surface area contributed by atoms with Crippen molar-refractivity contribution in [1.29, 1.82) is 0 Å². The van der Waals surface area contributed by atoms with Gasteiger partial charge in [-0.3, -0.25) is 0 Å². The predicted molar refractivity (Wildman–Crippen MR) is 89.2 cm³/mol. The number of aliphatic hydroxyl groups excluding tert-OH is 1. The maximum absolute atomic E-state index is 9.91. The summed E-state index contributed by atoms with van der Waals surface area (Å²) in [6.07, 6.45) is 18.3. The molecule has 0 radical (unpaired) electrons. The van der Waals surface area contributed by atoms with Gasteiger partial charge in [0.1, 0.15) is 0 Å². The van der Waals surface area contributed by atoms with Crippen LogP contribution in [0, 0.1) is 29.6 Å². The summed E-state index contributed by atoms with van der Waals surface area (Å²) in [5.74, 6) is 4.95. The Morgan fingerprint density at radius 2 is 1.19 bits per heavy atom. The van der Waals surface area contributed by atoms with Gasteiger partial charge >= 0.3 is 0 Å². The zero-order valence-electron chi connectivity index (χ0n) is 14.1. The van der Waals surface area contributed by atoms with E-state index in [1.54, 1.807) is 0 Å². The summed E-state index contributed by atoms with van der Waals surface area (Å²) in [5, 5.41) is 9.91. The van der Waals surface area contributed by atoms with Gasteiger partial charge in [0.15, 0.2) is 0 Å². The van der Waals surface area contributed by atoms with Gasteiger partial charge in [0.05, 0.1) is 6.10 Å². The van der Waals surface area contributed by atoms with Crippen LogP contribution in [0.3, 0.4) is 0 Å². The lowest BCUT2D eigenvalue weighted by Crippen LogP contribution is -2.31. The summed E-state index contributed by atoms with van der Waals surface area (Å²) in [4.78, 5) is 0. The van der Waals surface area contributed by atoms with Gasteiger partial charge in [0, 0.05) is 0 Å².